The molecule has 0 bridgehead atoms. The molecule has 0 heterocycles. The molecular weight excluding hydrogens is 143 g/mol. The second-order valence-corrected chi connectivity index (χ2v) is 2.97. The Morgan fingerprint density at radius 2 is 1.27 bits per heavy atom. The van der Waals surface area contributed by atoms with Crippen LogP contribution in [0.3, 0.4) is 0 Å². The number of unbranched alkanes of at least 4 members (excludes halogenated alkanes) is 7. The van der Waals surface area contributed by atoms with E-state index in [1.54, 1.807) is 0 Å². The Morgan fingerprint density at radius 1 is 0.818 bits per heavy atom. The molecule has 63 valence electrons. The SMILES string of the molecule is [CH2]CCCCCCCCC.[NaH]. The summed E-state index contributed by atoms with van der Waals surface area (Å²) in [5.74, 6) is 0. The van der Waals surface area contributed by atoms with E-state index >= 15 is 0 Å². The molecule has 0 aliphatic heterocycles. The summed E-state index contributed by atoms with van der Waals surface area (Å²) in [7, 11) is 0. The van der Waals surface area contributed by atoms with E-state index in [2.05, 4.69) is 13.8 Å². The average Bonchev–Trinajstić information content (AvgIpc) is 1.97. The molecular formula is C10H22Na. The Labute approximate surface area is 94.4 Å². The Hall–Kier alpha value is 1.00. The second-order valence-electron chi connectivity index (χ2n) is 2.97. The van der Waals surface area contributed by atoms with Crippen molar-refractivity contribution in [1.29, 1.82) is 0 Å². The van der Waals surface area contributed by atoms with E-state index in [1.807, 2.05) is 0 Å². The van der Waals surface area contributed by atoms with Gasteiger partial charge in [0, 0.05) is 0 Å². The summed E-state index contributed by atoms with van der Waals surface area (Å²) in [6.45, 7) is 6.08. The summed E-state index contributed by atoms with van der Waals surface area (Å²) in [5.41, 5.74) is 0. The number of rotatable bonds is 7. The Bertz CT molecular complexity index is 44.8. The normalized spacial score (nSPS) is 9.27. The summed E-state index contributed by atoms with van der Waals surface area (Å²) in [5, 5.41) is 0. The predicted molar refractivity (Wildman–Crippen MR) is 55.1 cm³/mol. The van der Waals surface area contributed by atoms with Crippen LogP contribution >= 0.6 is 0 Å². The van der Waals surface area contributed by atoms with Crippen molar-refractivity contribution < 1.29 is 0 Å². The average molecular weight is 165 g/mol. The first-order valence-electron chi connectivity index (χ1n) is 4.71. The summed E-state index contributed by atoms with van der Waals surface area (Å²) in [6.07, 6.45) is 10.9. The van der Waals surface area contributed by atoms with Gasteiger partial charge in [0.15, 0.2) is 0 Å². The number of hydrogen-bond acceptors (Lipinski definition) is 0. The molecule has 0 aliphatic rings. The van der Waals surface area contributed by atoms with Gasteiger partial charge in [-0.05, 0) is 0 Å². The first kappa shape index (κ1) is 14.5. The van der Waals surface area contributed by atoms with Crippen LogP contribution < -0.4 is 0 Å². The second kappa shape index (κ2) is 13.6. The van der Waals surface area contributed by atoms with Crippen LogP contribution in [0.4, 0.5) is 0 Å². The van der Waals surface area contributed by atoms with Crippen molar-refractivity contribution in [3.05, 3.63) is 6.92 Å². The maximum atomic E-state index is 3.82. The van der Waals surface area contributed by atoms with Gasteiger partial charge in [-0.2, -0.15) is 0 Å². The summed E-state index contributed by atoms with van der Waals surface area (Å²) < 4.78 is 0. The van der Waals surface area contributed by atoms with Crippen LogP contribution in [0.15, 0.2) is 0 Å². The quantitative estimate of drug-likeness (QED) is 0.401. The molecule has 0 fully saturated rings. The fraction of sp³-hybridized carbons (Fsp3) is 0.900. The van der Waals surface area contributed by atoms with Crippen molar-refractivity contribution in [2.75, 3.05) is 0 Å². The van der Waals surface area contributed by atoms with Crippen LogP contribution in [0.25, 0.3) is 0 Å². The maximum absolute atomic E-state index is 3.82. The molecule has 11 heavy (non-hydrogen) atoms. The van der Waals surface area contributed by atoms with E-state index in [-0.39, 0.29) is 29.6 Å². The standard InChI is InChI=1S/C10H21.Na.H/c1-3-5-7-9-10-8-6-4-2;;/h1,3-10H2,2H3;;. The molecule has 0 aromatic rings. The van der Waals surface area contributed by atoms with Gasteiger partial charge < -0.3 is 0 Å². The third-order valence-corrected chi connectivity index (χ3v) is 1.85. The van der Waals surface area contributed by atoms with E-state index < -0.39 is 0 Å². The van der Waals surface area contributed by atoms with Crippen LogP contribution in [-0.2, 0) is 0 Å². The molecule has 0 saturated heterocycles. The molecule has 0 rings (SSSR count). The van der Waals surface area contributed by atoms with Crippen LogP contribution in [-0.4, -0.2) is 29.6 Å². The van der Waals surface area contributed by atoms with Crippen LogP contribution in [0.1, 0.15) is 58.3 Å². The van der Waals surface area contributed by atoms with Gasteiger partial charge in [0.1, 0.15) is 0 Å². The Morgan fingerprint density at radius 3 is 1.73 bits per heavy atom. The van der Waals surface area contributed by atoms with Crippen molar-refractivity contribution in [2.45, 2.75) is 58.3 Å². The molecule has 0 spiro atoms. The topological polar surface area (TPSA) is 0 Å². The fourth-order valence-corrected chi connectivity index (χ4v) is 1.13. The van der Waals surface area contributed by atoms with Gasteiger partial charge in [0.2, 0.25) is 0 Å². The molecule has 0 aromatic carbocycles. The zero-order valence-corrected chi connectivity index (χ0v) is 7.36. The van der Waals surface area contributed by atoms with Gasteiger partial charge in [0.05, 0.1) is 0 Å². The molecule has 0 nitrogen and oxygen atoms in total. The van der Waals surface area contributed by atoms with Gasteiger partial charge in [-0.1, -0.05) is 65.2 Å². The first-order chi connectivity index (χ1) is 4.91. The molecule has 0 N–H and O–H groups in total. The third-order valence-electron chi connectivity index (χ3n) is 1.85. The molecule has 1 heteroatoms. The minimum absolute atomic E-state index is 0. The third kappa shape index (κ3) is 13.9. The van der Waals surface area contributed by atoms with E-state index in [9.17, 15) is 0 Å². The zero-order chi connectivity index (χ0) is 7.66. The van der Waals surface area contributed by atoms with Crippen molar-refractivity contribution >= 4 is 29.6 Å². The molecule has 0 aliphatic carbocycles. The fourth-order valence-electron chi connectivity index (χ4n) is 1.13. The Kier molecular flexibility index (Phi) is 17.9. The van der Waals surface area contributed by atoms with Crippen molar-refractivity contribution in [3.8, 4) is 0 Å². The van der Waals surface area contributed by atoms with Crippen molar-refractivity contribution in [2.24, 2.45) is 0 Å². The first-order valence-corrected chi connectivity index (χ1v) is 4.71. The molecule has 0 aromatic heterocycles. The van der Waals surface area contributed by atoms with Gasteiger partial charge >= 0.3 is 29.6 Å². The van der Waals surface area contributed by atoms with Crippen LogP contribution in [0.5, 0.6) is 0 Å². The predicted octanol–water partition coefficient (Wildman–Crippen LogP) is 3.31. The van der Waals surface area contributed by atoms with Crippen molar-refractivity contribution in [1.82, 2.24) is 0 Å². The van der Waals surface area contributed by atoms with Gasteiger partial charge in [-0.25, -0.2) is 0 Å². The molecule has 0 unspecified atom stereocenters. The summed E-state index contributed by atoms with van der Waals surface area (Å²) in [4.78, 5) is 0. The zero-order valence-electron chi connectivity index (χ0n) is 7.36. The number of hydrogen-bond donors (Lipinski definition) is 0. The molecule has 0 amide bonds. The van der Waals surface area contributed by atoms with Crippen LogP contribution in [0, 0.1) is 6.92 Å². The Balaban J connectivity index is 0. The summed E-state index contributed by atoms with van der Waals surface area (Å²) in [6, 6.07) is 0. The minimum atomic E-state index is 0. The van der Waals surface area contributed by atoms with Crippen molar-refractivity contribution in [3.63, 3.8) is 0 Å². The molecule has 1 radical (unpaired) electrons. The van der Waals surface area contributed by atoms with E-state index in [4.69, 9.17) is 0 Å². The molecule has 0 atom stereocenters. The monoisotopic (exact) mass is 165 g/mol. The van der Waals surface area contributed by atoms with E-state index in [0.717, 1.165) is 6.42 Å². The summed E-state index contributed by atoms with van der Waals surface area (Å²) >= 11 is 0. The van der Waals surface area contributed by atoms with Gasteiger partial charge in [-0.3, -0.25) is 0 Å². The molecule has 0 saturated carbocycles. The van der Waals surface area contributed by atoms with E-state index in [1.165, 1.54) is 44.9 Å². The van der Waals surface area contributed by atoms with Gasteiger partial charge in [-0.15, -0.1) is 0 Å². The van der Waals surface area contributed by atoms with Gasteiger partial charge in [0.25, 0.3) is 0 Å². The van der Waals surface area contributed by atoms with E-state index in [0.29, 0.717) is 0 Å². The van der Waals surface area contributed by atoms with Crippen LogP contribution in [0.2, 0.25) is 0 Å².